The smallest absolute Gasteiger partial charge is 0.262 e. The Morgan fingerprint density at radius 3 is 2.60 bits per heavy atom. The van der Waals surface area contributed by atoms with Gasteiger partial charge in [0, 0.05) is 18.0 Å². The fourth-order valence-electron chi connectivity index (χ4n) is 1.75. The van der Waals surface area contributed by atoms with E-state index >= 15 is 0 Å². The highest BCUT2D eigenvalue weighted by atomic mass is 32.2. The van der Waals surface area contributed by atoms with Crippen LogP contribution in [0.2, 0.25) is 0 Å². The van der Waals surface area contributed by atoms with E-state index in [1.54, 1.807) is 25.3 Å². The van der Waals surface area contributed by atoms with Crippen LogP contribution in [0.4, 0.5) is 11.5 Å². The molecule has 0 aliphatic carbocycles. The second-order valence-electron chi connectivity index (χ2n) is 4.21. The molecule has 0 amide bonds. The molecular formula is C13H15N3O3S. The monoisotopic (exact) mass is 293 g/mol. The number of pyridine rings is 1. The number of hydrogen-bond donors (Lipinski definition) is 2. The molecule has 1 heterocycles. The van der Waals surface area contributed by atoms with Crippen LogP contribution in [0.1, 0.15) is 5.56 Å². The number of nitrogens with one attached hydrogen (secondary N) is 1. The van der Waals surface area contributed by atoms with E-state index in [9.17, 15) is 8.42 Å². The van der Waals surface area contributed by atoms with Gasteiger partial charge in [-0.2, -0.15) is 0 Å². The van der Waals surface area contributed by atoms with Crippen molar-refractivity contribution < 1.29 is 13.2 Å². The van der Waals surface area contributed by atoms with E-state index in [-0.39, 0.29) is 10.7 Å². The van der Waals surface area contributed by atoms with Crippen LogP contribution in [0.5, 0.6) is 5.75 Å². The van der Waals surface area contributed by atoms with Gasteiger partial charge in [-0.3, -0.25) is 4.72 Å². The minimum atomic E-state index is -3.68. The largest absolute Gasteiger partial charge is 0.496 e. The van der Waals surface area contributed by atoms with Crippen molar-refractivity contribution in [3.05, 3.63) is 42.1 Å². The summed E-state index contributed by atoms with van der Waals surface area (Å²) in [4.78, 5) is 3.83. The lowest BCUT2D eigenvalue weighted by atomic mass is 10.2. The lowest BCUT2D eigenvalue weighted by molar-refractivity contribution is 0.412. The third-order valence-electron chi connectivity index (χ3n) is 2.71. The van der Waals surface area contributed by atoms with E-state index in [1.165, 1.54) is 18.3 Å². The number of nitrogens with two attached hydrogens (primary N) is 1. The zero-order valence-electron chi connectivity index (χ0n) is 11.1. The van der Waals surface area contributed by atoms with Crippen molar-refractivity contribution in [2.75, 3.05) is 17.6 Å². The van der Waals surface area contributed by atoms with Crippen LogP contribution in [-0.2, 0) is 10.0 Å². The number of aromatic nitrogens is 1. The molecule has 106 valence electrons. The first-order valence-corrected chi connectivity index (χ1v) is 7.29. The molecule has 1 aromatic heterocycles. The first kappa shape index (κ1) is 14.1. The summed E-state index contributed by atoms with van der Waals surface area (Å²) >= 11 is 0. The Morgan fingerprint density at radius 2 is 2.00 bits per heavy atom. The van der Waals surface area contributed by atoms with Crippen LogP contribution in [0.3, 0.4) is 0 Å². The van der Waals surface area contributed by atoms with Crippen molar-refractivity contribution in [2.45, 2.75) is 11.8 Å². The molecular weight excluding hydrogens is 278 g/mol. The van der Waals surface area contributed by atoms with Crippen molar-refractivity contribution in [1.82, 2.24) is 4.98 Å². The third kappa shape index (κ3) is 3.00. The topological polar surface area (TPSA) is 94.3 Å². The van der Waals surface area contributed by atoms with Gasteiger partial charge >= 0.3 is 0 Å². The first-order valence-electron chi connectivity index (χ1n) is 5.81. The van der Waals surface area contributed by atoms with Gasteiger partial charge < -0.3 is 10.5 Å². The van der Waals surface area contributed by atoms with Crippen LogP contribution < -0.4 is 15.2 Å². The van der Waals surface area contributed by atoms with Crippen LogP contribution in [0.25, 0.3) is 0 Å². The number of sulfonamides is 1. The number of nitrogens with zero attached hydrogens (tertiary/aromatic N) is 1. The van der Waals surface area contributed by atoms with E-state index in [1.807, 2.05) is 6.92 Å². The Morgan fingerprint density at radius 1 is 1.25 bits per heavy atom. The van der Waals surface area contributed by atoms with Crippen molar-refractivity contribution >= 4 is 21.5 Å². The average Bonchev–Trinajstić information content (AvgIpc) is 2.38. The molecule has 0 fully saturated rings. The number of ether oxygens (including phenoxy) is 1. The molecule has 20 heavy (non-hydrogen) atoms. The highest BCUT2D eigenvalue weighted by molar-refractivity contribution is 7.92. The molecule has 2 aromatic rings. The van der Waals surface area contributed by atoms with Crippen LogP contribution in [-0.4, -0.2) is 20.5 Å². The summed E-state index contributed by atoms with van der Waals surface area (Å²) in [6.45, 7) is 1.83. The van der Waals surface area contributed by atoms with Gasteiger partial charge in [0.2, 0.25) is 0 Å². The molecule has 0 saturated carbocycles. The van der Waals surface area contributed by atoms with Crippen LogP contribution in [0, 0.1) is 6.92 Å². The van der Waals surface area contributed by atoms with E-state index in [4.69, 9.17) is 10.5 Å². The molecule has 0 radical (unpaired) electrons. The maximum atomic E-state index is 12.2. The summed E-state index contributed by atoms with van der Waals surface area (Å²) < 4.78 is 32.0. The summed E-state index contributed by atoms with van der Waals surface area (Å²) in [6.07, 6.45) is 1.35. The summed E-state index contributed by atoms with van der Waals surface area (Å²) in [5.41, 5.74) is 6.78. The van der Waals surface area contributed by atoms with Crippen LogP contribution in [0.15, 0.2) is 41.4 Å². The quantitative estimate of drug-likeness (QED) is 0.896. The van der Waals surface area contributed by atoms with Gasteiger partial charge in [-0.15, -0.1) is 0 Å². The zero-order chi connectivity index (χ0) is 14.8. The van der Waals surface area contributed by atoms with Gasteiger partial charge in [-0.05, 0) is 36.8 Å². The Bertz CT molecular complexity index is 729. The Balaban J connectivity index is 2.31. The first-order chi connectivity index (χ1) is 9.42. The van der Waals surface area contributed by atoms with E-state index in [0.717, 1.165) is 5.56 Å². The lowest BCUT2D eigenvalue weighted by Gasteiger charge is -2.10. The number of aryl methyl sites for hydroxylation is 1. The predicted molar refractivity (Wildman–Crippen MR) is 77.2 cm³/mol. The molecule has 2 rings (SSSR count). The number of hydrogen-bond acceptors (Lipinski definition) is 5. The van der Waals surface area contributed by atoms with Gasteiger partial charge in [0.15, 0.2) is 0 Å². The molecule has 7 heteroatoms. The normalized spacial score (nSPS) is 11.1. The Labute approximate surface area is 117 Å². The second kappa shape index (κ2) is 5.38. The average molecular weight is 293 g/mol. The SMILES string of the molecule is COc1ccc(NS(=O)(=O)c2ccnc(N)c2)cc1C. The third-order valence-corrected chi connectivity index (χ3v) is 4.09. The summed E-state index contributed by atoms with van der Waals surface area (Å²) in [5, 5.41) is 0. The molecule has 0 spiro atoms. The number of benzene rings is 1. The summed E-state index contributed by atoms with van der Waals surface area (Å²) in [7, 11) is -2.12. The van der Waals surface area contributed by atoms with Gasteiger partial charge in [-0.25, -0.2) is 13.4 Å². The van der Waals surface area contributed by atoms with Crippen molar-refractivity contribution in [3.63, 3.8) is 0 Å². The molecule has 6 nitrogen and oxygen atoms in total. The van der Waals surface area contributed by atoms with Crippen molar-refractivity contribution in [2.24, 2.45) is 0 Å². The van der Waals surface area contributed by atoms with Gasteiger partial charge in [0.1, 0.15) is 11.6 Å². The standard InChI is InChI=1S/C13H15N3O3S/c1-9-7-10(3-4-12(9)19-2)16-20(17,18)11-5-6-15-13(14)8-11/h3-8,16H,1-2H3,(H2,14,15). The number of nitrogen functional groups attached to an aromatic ring is 1. The molecule has 0 aliphatic rings. The molecule has 0 aliphatic heterocycles. The molecule has 0 saturated heterocycles. The van der Waals surface area contributed by atoms with Gasteiger partial charge in [-0.1, -0.05) is 0 Å². The number of rotatable bonds is 4. The predicted octanol–water partition coefficient (Wildman–Crippen LogP) is 1.78. The fourth-order valence-corrected chi connectivity index (χ4v) is 2.82. The minimum Gasteiger partial charge on any atom is -0.496 e. The zero-order valence-corrected chi connectivity index (χ0v) is 11.9. The second-order valence-corrected chi connectivity index (χ2v) is 5.89. The number of methoxy groups -OCH3 is 1. The molecule has 3 N–H and O–H groups in total. The van der Waals surface area contributed by atoms with Crippen molar-refractivity contribution in [3.8, 4) is 5.75 Å². The summed E-state index contributed by atoms with van der Waals surface area (Å²) in [6, 6.07) is 7.72. The highest BCUT2D eigenvalue weighted by Gasteiger charge is 2.15. The summed E-state index contributed by atoms with van der Waals surface area (Å²) in [5.74, 6) is 0.847. The fraction of sp³-hybridized carbons (Fsp3) is 0.154. The highest BCUT2D eigenvalue weighted by Crippen LogP contribution is 2.23. The maximum absolute atomic E-state index is 12.2. The molecule has 1 aromatic carbocycles. The number of anilines is 2. The van der Waals surface area contributed by atoms with E-state index in [2.05, 4.69) is 9.71 Å². The minimum absolute atomic E-state index is 0.0680. The van der Waals surface area contributed by atoms with Gasteiger partial charge in [0.25, 0.3) is 10.0 Å². The van der Waals surface area contributed by atoms with Gasteiger partial charge in [0.05, 0.1) is 12.0 Å². The van der Waals surface area contributed by atoms with Crippen LogP contribution >= 0.6 is 0 Å². The Kier molecular flexibility index (Phi) is 3.80. The van der Waals surface area contributed by atoms with Crippen molar-refractivity contribution in [1.29, 1.82) is 0 Å². The lowest BCUT2D eigenvalue weighted by Crippen LogP contribution is -2.13. The Hall–Kier alpha value is -2.28. The molecule has 0 bridgehead atoms. The molecule has 0 unspecified atom stereocenters. The molecule has 0 atom stereocenters. The van der Waals surface area contributed by atoms with E-state index < -0.39 is 10.0 Å². The maximum Gasteiger partial charge on any atom is 0.262 e. The van der Waals surface area contributed by atoms with E-state index in [0.29, 0.717) is 11.4 Å².